The van der Waals surface area contributed by atoms with Crippen molar-refractivity contribution >= 4 is 11.9 Å². The van der Waals surface area contributed by atoms with Gasteiger partial charge < -0.3 is 19.7 Å². The van der Waals surface area contributed by atoms with E-state index in [1.165, 1.54) is 0 Å². The van der Waals surface area contributed by atoms with Crippen molar-refractivity contribution in [1.82, 2.24) is 0 Å². The number of carbonyl (C=O) groups is 2. The Labute approximate surface area is 137 Å². The summed E-state index contributed by atoms with van der Waals surface area (Å²) in [5.74, 6) is -20.0. The Hall–Kier alpha value is -2.80. The van der Waals surface area contributed by atoms with Crippen LogP contribution < -0.4 is 9.47 Å². The minimum absolute atomic E-state index is 0.288. The highest BCUT2D eigenvalue weighted by atomic mass is 19.3. The van der Waals surface area contributed by atoms with Crippen LogP contribution in [0.2, 0.25) is 0 Å². The van der Waals surface area contributed by atoms with Crippen LogP contribution in [0.5, 0.6) is 11.5 Å². The highest BCUT2D eigenvalue weighted by molar-refractivity contribution is 5.76. The fourth-order valence-corrected chi connectivity index (χ4v) is 1.25. The van der Waals surface area contributed by atoms with Crippen LogP contribution in [-0.4, -0.2) is 46.2 Å². The fraction of sp³-hybridized carbons (Fsp3) is 0.333. The van der Waals surface area contributed by atoms with Gasteiger partial charge >= 0.3 is 36.0 Å². The number of halogens is 8. The molecule has 0 saturated heterocycles. The molecule has 0 saturated carbocycles. The molecule has 14 heteroatoms. The molecule has 0 aliphatic carbocycles. The second-order valence-electron chi connectivity index (χ2n) is 4.47. The zero-order valence-corrected chi connectivity index (χ0v) is 11.9. The molecular weight excluding hydrogens is 392 g/mol. The minimum Gasteiger partial charge on any atom is -0.477 e. The number of rotatable bonds is 8. The fourth-order valence-electron chi connectivity index (χ4n) is 1.25. The molecule has 0 unspecified atom stereocenters. The van der Waals surface area contributed by atoms with Crippen LogP contribution in [0.4, 0.5) is 35.1 Å². The van der Waals surface area contributed by atoms with E-state index in [1.54, 1.807) is 0 Å². The van der Waals surface area contributed by atoms with Gasteiger partial charge in [0.05, 0.1) is 0 Å². The van der Waals surface area contributed by atoms with Crippen molar-refractivity contribution in [3.63, 3.8) is 0 Å². The minimum atomic E-state index is -5.64. The zero-order valence-electron chi connectivity index (χ0n) is 11.9. The Kier molecular flexibility index (Phi) is 5.31. The third-order valence-corrected chi connectivity index (χ3v) is 2.58. The van der Waals surface area contributed by atoms with Crippen LogP contribution in [-0.2, 0) is 9.59 Å². The van der Waals surface area contributed by atoms with E-state index in [4.69, 9.17) is 10.2 Å². The molecule has 2 N–H and O–H groups in total. The average Bonchev–Trinajstić information content (AvgIpc) is 2.47. The lowest BCUT2D eigenvalue weighted by atomic mass is 10.3. The van der Waals surface area contributed by atoms with Gasteiger partial charge in [0.1, 0.15) is 11.5 Å². The van der Waals surface area contributed by atoms with E-state index in [-0.39, 0.29) is 24.3 Å². The quantitative estimate of drug-likeness (QED) is 0.654. The van der Waals surface area contributed by atoms with E-state index in [2.05, 4.69) is 9.47 Å². The first-order valence-electron chi connectivity index (χ1n) is 6.01. The number of carboxylic acid groups (broad SMARTS) is 2. The van der Waals surface area contributed by atoms with E-state index >= 15 is 0 Å². The van der Waals surface area contributed by atoms with Crippen molar-refractivity contribution in [3.8, 4) is 11.5 Å². The van der Waals surface area contributed by atoms with Crippen molar-refractivity contribution < 1.29 is 64.4 Å². The first-order valence-corrected chi connectivity index (χ1v) is 6.01. The van der Waals surface area contributed by atoms with Crippen molar-refractivity contribution in [2.24, 2.45) is 0 Å². The molecular formula is C12H6F8O6. The Morgan fingerprint density at radius 2 is 0.885 bits per heavy atom. The predicted octanol–water partition coefficient (Wildman–Crippen LogP) is 3.07. The summed E-state index contributed by atoms with van der Waals surface area (Å²) in [7, 11) is 0. The van der Waals surface area contributed by atoms with Gasteiger partial charge in [-0.2, -0.15) is 35.1 Å². The van der Waals surface area contributed by atoms with Crippen LogP contribution in [0.3, 0.4) is 0 Å². The normalized spacial score (nSPS) is 13.2. The number of hydrogen-bond donors (Lipinski definition) is 2. The molecule has 0 bridgehead atoms. The van der Waals surface area contributed by atoms with Gasteiger partial charge in [0.25, 0.3) is 0 Å². The Balaban J connectivity index is 2.97. The number of benzene rings is 1. The molecule has 0 aliphatic rings. The predicted molar refractivity (Wildman–Crippen MR) is 62.8 cm³/mol. The third kappa shape index (κ3) is 3.88. The number of alkyl halides is 8. The summed E-state index contributed by atoms with van der Waals surface area (Å²) in [6, 6.07) is 1.15. The first-order chi connectivity index (χ1) is 11.5. The molecule has 146 valence electrons. The van der Waals surface area contributed by atoms with Crippen molar-refractivity contribution in [2.45, 2.75) is 24.1 Å². The van der Waals surface area contributed by atoms with E-state index in [0.29, 0.717) is 0 Å². The van der Waals surface area contributed by atoms with Gasteiger partial charge in [-0.3, -0.25) is 0 Å². The SMILES string of the molecule is O=C(O)C(F)(F)C(F)(F)Oc1ccc(OC(F)(F)C(F)(F)C(=O)O)cc1. The zero-order chi connectivity index (χ0) is 20.6. The largest absolute Gasteiger partial charge is 0.477 e. The molecule has 0 atom stereocenters. The Bertz CT molecular complexity index is 628. The average molecular weight is 398 g/mol. The number of ether oxygens (including phenoxy) is 2. The first kappa shape index (κ1) is 21.2. The molecule has 0 amide bonds. The summed E-state index contributed by atoms with van der Waals surface area (Å²) in [4.78, 5) is 20.2. The lowest BCUT2D eigenvalue weighted by Crippen LogP contribution is -2.51. The topological polar surface area (TPSA) is 93.1 Å². The van der Waals surface area contributed by atoms with Gasteiger partial charge in [0.15, 0.2) is 0 Å². The van der Waals surface area contributed by atoms with Crippen LogP contribution in [0.25, 0.3) is 0 Å². The third-order valence-electron chi connectivity index (χ3n) is 2.58. The van der Waals surface area contributed by atoms with E-state index in [1.807, 2.05) is 0 Å². The van der Waals surface area contributed by atoms with Gasteiger partial charge in [-0.05, 0) is 24.3 Å². The summed E-state index contributed by atoms with van der Waals surface area (Å²) in [5, 5.41) is 16.0. The van der Waals surface area contributed by atoms with E-state index < -0.39 is 47.5 Å². The summed E-state index contributed by atoms with van der Waals surface area (Å²) in [5.41, 5.74) is 0. The van der Waals surface area contributed by atoms with Crippen LogP contribution >= 0.6 is 0 Å². The molecule has 1 rings (SSSR count). The molecule has 1 aromatic rings. The summed E-state index contributed by atoms with van der Waals surface area (Å²) in [6.07, 6.45) is -11.1. The lowest BCUT2D eigenvalue weighted by Gasteiger charge is -2.24. The molecule has 0 aliphatic heterocycles. The second-order valence-corrected chi connectivity index (χ2v) is 4.47. The van der Waals surface area contributed by atoms with Gasteiger partial charge in [-0.15, -0.1) is 0 Å². The number of aliphatic carboxylic acids is 2. The molecule has 1 aromatic carbocycles. The summed E-state index contributed by atoms with van der Waals surface area (Å²) >= 11 is 0. The van der Waals surface area contributed by atoms with Crippen LogP contribution in [0, 0.1) is 0 Å². The standard InChI is InChI=1S/C12H6F8O6/c13-9(14,7(21)22)11(17,18)25-5-1-2-6(4-3-5)26-12(19,20)10(15,16)8(23)24/h1-4H,(H,21,22)(H,23,24). The monoisotopic (exact) mass is 398 g/mol. The number of carboxylic acids is 2. The molecule has 0 heterocycles. The summed E-state index contributed by atoms with van der Waals surface area (Å²) < 4.78 is 110. The highest BCUT2D eigenvalue weighted by Crippen LogP contribution is 2.39. The number of hydrogen-bond acceptors (Lipinski definition) is 4. The molecule has 0 spiro atoms. The maximum absolute atomic E-state index is 13.1. The van der Waals surface area contributed by atoms with Crippen molar-refractivity contribution in [3.05, 3.63) is 24.3 Å². The van der Waals surface area contributed by atoms with Crippen LogP contribution in [0.15, 0.2) is 24.3 Å². The Morgan fingerprint density at radius 3 is 1.08 bits per heavy atom. The summed E-state index contributed by atoms with van der Waals surface area (Å²) in [6.45, 7) is 0. The maximum Gasteiger partial charge on any atom is 0.476 e. The van der Waals surface area contributed by atoms with Crippen molar-refractivity contribution in [1.29, 1.82) is 0 Å². The maximum atomic E-state index is 13.1. The Morgan fingerprint density at radius 1 is 0.654 bits per heavy atom. The van der Waals surface area contributed by atoms with Crippen LogP contribution in [0.1, 0.15) is 0 Å². The lowest BCUT2D eigenvalue weighted by molar-refractivity contribution is -0.303. The molecule has 0 aromatic heterocycles. The molecule has 6 nitrogen and oxygen atoms in total. The van der Waals surface area contributed by atoms with Gasteiger partial charge in [0, 0.05) is 0 Å². The van der Waals surface area contributed by atoms with Gasteiger partial charge in [-0.25, -0.2) is 9.59 Å². The van der Waals surface area contributed by atoms with E-state index in [9.17, 15) is 44.7 Å². The molecule has 26 heavy (non-hydrogen) atoms. The van der Waals surface area contributed by atoms with Gasteiger partial charge in [-0.1, -0.05) is 0 Å². The molecule has 0 radical (unpaired) electrons. The van der Waals surface area contributed by atoms with Crippen molar-refractivity contribution in [2.75, 3.05) is 0 Å². The molecule has 0 fully saturated rings. The van der Waals surface area contributed by atoms with Gasteiger partial charge in [0.2, 0.25) is 0 Å². The van der Waals surface area contributed by atoms with E-state index in [0.717, 1.165) is 0 Å². The smallest absolute Gasteiger partial charge is 0.476 e. The second kappa shape index (κ2) is 6.49. The highest BCUT2D eigenvalue weighted by Gasteiger charge is 2.66.